The number of fused-ring (bicyclic) bond motifs is 1. The summed E-state index contributed by atoms with van der Waals surface area (Å²) >= 11 is 1.27. The van der Waals surface area contributed by atoms with Crippen LogP contribution in [0.2, 0.25) is 0 Å². The second kappa shape index (κ2) is 6.85. The molecule has 0 spiro atoms. The third-order valence-corrected chi connectivity index (χ3v) is 6.11. The quantitative estimate of drug-likeness (QED) is 0.538. The van der Waals surface area contributed by atoms with Gasteiger partial charge in [0.15, 0.2) is 0 Å². The number of hydrogen-bond donors (Lipinski definition) is 1. The molecule has 3 heteroatoms. The Morgan fingerprint density at radius 2 is 1.65 bits per heavy atom. The summed E-state index contributed by atoms with van der Waals surface area (Å²) in [6.45, 7) is 9.22. The van der Waals surface area contributed by atoms with E-state index in [1.165, 1.54) is 35.7 Å². The summed E-state index contributed by atoms with van der Waals surface area (Å²) in [7, 11) is 0. The van der Waals surface area contributed by atoms with Crippen LogP contribution in [-0.2, 0) is 10.8 Å². The molecule has 1 N–H and O–H groups in total. The molecule has 0 unspecified atom stereocenters. The third-order valence-electron chi connectivity index (χ3n) is 5.33. The molecule has 0 bridgehead atoms. The minimum absolute atomic E-state index is 0.158. The van der Waals surface area contributed by atoms with E-state index in [1.807, 2.05) is 6.07 Å². The largest absolute Gasteiger partial charge is 0.478 e. The van der Waals surface area contributed by atoms with Gasteiger partial charge in [-0.1, -0.05) is 51.8 Å². The van der Waals surface area contributed by atoms with Gasteiger partial charge in [0.25, 0.3) is 0 Å². The Bertz CT molecular complexity index is 913. The number of benzene rings is 2. The fraction of sp³-hybridized carbons (Fsp3) is 0.348. The topological polar surface area (TPSA) is 37.3 Å². The summed E-state index contributed by atoms with van der Waals surface area (Å²) in [5.74, 6) is 2.27. The molecule has 0 amide bonds. The van der Waals surface area contributed by atoms with E-state index in [9.17, 15) is 9.90 Å². The molecule has 1 aliphatic carbocycles. The maximum absolute atomic E-state index is 11.3. The van der Waals surface area contributed by atoms with Crippen LogP contribution in [0, 0.1) is 11.2 Å². The van der Waals surface area contributed by atoms with Crippen LogP contribution in [0.5, 0.6) is 0 Å². The van der Waals surface area contributed by atoms with Gasteiger partial charge < -0.3 is 5.11 Å². The lowest BCUT2D eigenvalue weighted by molar-refractivity contribution is 0.0693. The highest BCUT2D eigenvalue weighted by molar-refractivity contribution is 8.04. The number of carbonyl (C=O) groups is 1. The molecule has 2 aromatic carbocycles. The van der Waals surface area contributed by atoms with Crippen molar-refractivity contribution < 1.29 is 9.90 Å². The molecule has 0 radical (unpaired) electrons. The lowest BCUT2D eigenvalue weighted by Crippen LogP contribution is -2.33. The van der Waals surface area contributed by atoms with E-state index < -0.39 is 5.97 Å². The van der Waals surface area contributed by atoms with Gasteiger partial charge >= 0.3 is 5.97 Å². The van der Waals surface area contributed by atoms with E-state index in [2.05, 4.69) is 57.1 Å². The number of carboxylic acid groups (broad SMARTS) is 1. The Labute approximate surface area is 160 Å². The first-order valence-corrected chi connectivity index (χ1v) is 9.67. The minimum Gasteiger partial charge on any atom is -0.478 e. The number of thioether (sulfide) groups is 1. The number of carboxylic acids is 1. The van der Waals surface area contributed by atoms with Crippen molar-refractivity contribution >= 4 is 17.7 Å². The number of aromatic carboxylic acids is 1. The molecular formula is C23H24O2S. The van der Waals surface area contributed by atoms with Gasteiger partial charge in [-0.2, -0.15) is 0 Å². The molecule has 0 aliphatic heterocycles. The van der Waals surface area contributed by atoms with Gasteiger partial charge in [0.2, 0.25) is 0 Å². The van der Waals surface area contributed by atoms with Crippen LogP contribution < -0.4 is 0 Å². The molecule has 2 nitrogen and oxygen atoms in total. The van der Waals surface area contributed by atoms with E-state index in [0.29, 0.717) is 10.5 Å². The van der Waals surface area contributed by atoms with E-state index in [-0.39, 0.29) is 10.8 Å². The molecule has 0 aromatic heterocycles. The molecule has 134 valence electrons. The Morgan fingerprint density at radius 3 is 2.35 bits per heavy atom. The van der Waals surface area contributed by atoms with Gasteiger partial charge in [-0.25, -0.2) is 4.79 Å². The third kappa shape index (κ3) is 3.66. The van der Waals surface area contributed by atoms with Crippen molar-refractivity contribution in [2.24, 2.45) is 0 Å². The average molecular weight is 365 g/mol. The predicted molar refractivity (Wildman–Crippen MR) is 108 cm³/mol. The van der Waals surface area contributed by atoms with Gasteiger partial charge in [0.1, 0.15) is 0 Å². The fourth-order valence-corrected chi connectivity index (χ4v) is 4.23. The van der Waals surface area contributed by atoms with Crippen LogP contribution >= 0.6 is 11.8 Å². The van der Waals surface area contributed by atoms with Gasteiger partial charge in [-0.05, 0) is 76.1 Å². The zero-order valence-corrected chi connectivity index (χ0v) is 16.5. The van der Waals surface area contributed by atoms with Crippen molar-refractivity contribution in [3.05, 3.63) is 64.7 Å². The highest BCUT2D eigenvalue weighted by Gasteiger charge is 2.36. The smallest absolute Gasteiger partial charge is 0.336 e. The van der Waals surface area contributed by atoms with Crippen LogP contribution in [0.25, 0.3) is 0 Å². The summed E-state index contributed by atoms with van der Waals surface area (Å²) < 4.78 is 0. The lowest BCUT2D eigenvalue weighted by Gasteiger charge is -2.41. The van der Waals surface area contributed by atoms with Crippen LogP contribution in [0.3, 0.4) is 0 Å². The van der Waals surface area contributed by atoms with Crippen molar-refractivity contribution in [2.45, 2.75) is 56.3 Å². The van der Waals surface area contributed by atoms with E-state index in [1.54, 1.807) is 18.2 Å². The lowest BCUT2D eigenvalue weighted by atomic mass is 9.63. The van der Waals surface area contributed by atoms with Crippen molar-refractivity contribution in [1.29, 1.82) is 0 Å². The Balaban J connectivity index is 1.90. The normalized spacial score (nSPS) is 16.9. The zero-order valence-electron chi connectivity index (χ0n) is 15.7. The van der Waals surface area contributed by atoms with Crippen molar-refractivity contribution in [1.82, 2.24) is 0 Å². The van der Waals surface area contributed by atoms with Crippen molar-refractivity contribution in [2.75, 3.05) is 0 Å². The zero-order chi connectivity index (χ0) is 18.9. The Morgan fingerprint density at radius 1 is 1.00 bits per heavy atom. The fourth-order valence-electron chi connectivity index (χ4n) is 3.54. The van der Waals surface area contributed by atoms with Gasteiger partial charge in [-0.3, -0.25) is 0 Å². The Hall–Kier alpha value is -2.18. The summed E-state index contributed by atoms with van der Waals surface area (Å²) in [6.07, 6.45) is 2.37. The first-order valence-electron chi connectivity index (χ1n) is 8.86. The molecule has 2 aromatic rings. The monoisotopic (exact) mass is 364 g/mol. The van der Waals surface area contributed by atoms with Crippen molar-refractivity contribution in [3.8, 4) is 11.2 Å². The number of hydrogen-bond acceptors (Lipinski definition) is 2. The average Bonchev–Trinajstić information content (AvgIpc) is 2.59. The van der Waals surface area contributed by atoms with E-state index in [4.69, 9.17) is 0 Å². The van der Waals surface area contributed by atoms with E-state index >= 15 is 0 Å². The van der Waals surface area contributed by atoms with E-state index in [0.717, 1.165) is 5.56 Å². The highest BCUT2D eigenvalue weighted by atomic mass is 32.2. The summed E-state index contributed by atoms with van der Waals surface area (Å²) in [5, 5.41) is 12.3. The summed E-state index contributed by atoms with van der Waals surface area (Å²) in [6, 6.07) is 13.5. The van der Waals surface area contributed by atoms with Crippen LogP contribution in [0.1, 0.15) is 67.6 Å². The molecule has 26 heavy (non-hydrogen) atoms. The van der Waals surface area contributed by atoms with Crippen molar-refractivity contribution in [3.63, 3.8) is 0 Å². The molecule has 0 saturated carbocycles. The first-order chi connectivity index (χ1) is 12.2. The minimum atomic E-state index is -0.923. The summed E-state index contributed by atoms with van der Waals surface area (Å²) in [4.78, 5) is 12.0. The molecule has 1 aliphatic rings. The maximum atomic E-state index is 11.3. The van der Waals surface area contributed by atoms with Crippen LogP contribution in [0.15, 0.2) is 47.4 Å². The maximum Gasteiger partial charge on any atom is 0.336 e. The number of rotatable bonds is 2. The molecule has 3 rings (SSSR count). The first kappa shape index (κ1) is 18.6. The molecule has 0 fully saturated rings. The van der Waals surface area contributed by atoms with Crippen LogP contribution in [-0.4, -0.2) is 11.1 Å². The Kier molecular flexibility index (Phi) is 4.90. The van der Waals surface area contributed by atoms with Crippen LogP contribution in [0.4, 0.5) is 0 Å². The van der Waals surface area contributed by atoms with Gasteiger partial charge in [0.05, 0.1) is 5.56 Å². The van der Waals surface area contributed by atoms with Gasteiger partial charge in [0, 0.05) is 10.5 Å². The second-order valence-electron chi connectivity index (χ2n) is 8.16. The second-order valence-corrected chi connectivity index (χ2v) is 9.01. The standard InChI is InChI=1S/C23H24O2S/c1-22(2)12-13-23(3,4)19-15-16(9-10-18(19)22)11-14-26-20-8-6-5-7-17(20)21(24)25/h5-10,15H,12-13H2,1-4H3,(H,24,25). The highest BCUT2D eigenvalue weighted by Crippen LogP contribution is 2.45. The molecule has 0 atom stereocenters. The SMILES string of the molecule is CC1(C)CCC(C)(C)c2cc(C#CSc3ccccc3C(=O)O)ccc21. The molecular weight excluding hydrogens is 340 g/mol. The molecule has 0 heterocycles. The molecule has 0 saturated heterocycles. The summed E-state index contributed by atoms with van der Waals surface area (Å²) in [5.41, 5.74) is 4.44. The predicted octanol–water partition coefficient (Wildman–Crippen LogP) is 5.84. The van der Waals surface area contributed by atoms with Gasteiger partial charge in [-0.15, -0.1) is 0 Å².